The highest BCUT2D eigenvalue weighted by Crippen LogP contribution is 2.22. The molecule has 2 aromatic carbocycles. The van der Waals surface area contributed by atoms with Crippen molar-refractivity contribution in [1.29, 1.82) is 0 Å². The van der Waals surface area contributed by atoms with Crippen molar-refractivity contribution in [3.05, 3.63) is 48.0 Å². The van der Waals surface area contributed by atoms with Crippen LogP contribution in [-0.4, -0.2) is 21.0 Å². The van der Waals surface area contributed by atoms with Crippen molar-refractivity contribution < 1.29 is 0 Å². The maximum absolute atomic E-state index is 5.88. The predicted molar refractivity (Wildman–Crippen MR) is 79.3 cm³/mol. The Labute approximate surface area is 115 Å². The van der Waals surface area contributed by atoms with Crippen molar-refractivity contribution in [2.24, 2.45) is 0 Å². The van der Waals surface area contributed by atoms with Crippen LogP contribution in [0.4, 0.5) is 5.95 Å². The third kappa shape index (κ3) is 2.17. The summed E-state index contributed by atoms with van der Waals surface area (Å²) in [6.07, 6.45) is 1.98. The maximum Gasteiger partial charge on any atom is 0.223 e. The van der Waals surface area contributed by atoms with E-state index >= 15 is 0 Å². The number of benzene rings is 2. The lowest BCUT2D eigenvalue weighted by molar-refractivity contribution is 0.721. The van der Waals surface area contributed by atoms with Gasteiger partial charge in [-0.15, -0.1) is 10.2 Å². The summed E-state index contributed by atoms with van der Waals surface area (Å²) >= 11 is 1.55. The second-order valence-corrected chi connectivity index (χ2v) is 5.04. The zero-order valence-electron chi connectivity index (χ0n) is 10.6. The molecule has 1 aromatic heterocycles. The van der Waals surface area contributed by atoms with Crippen LogP contribution in [-0.2, 0) is 6.54 Å². The van der Waals surface area contributed by atoms with E-state index < -0.39 is 0 Å². The molecule has 1 heterocycles. The Morgan fingerprint density at radius 2 is 1.89 bits per heavy atom. The van der Waals surface area contributed by atoms with Gasteiger partial charge in [0.1, 0.15) is 0 Å². The van der Waals surface area contributed by atoms with Crippen molar-refractivity contribution in [3.8, 4) is 0 Å². The molecule has 0 aliphatic carbocycles. The Bertz CT molecular complexity index is 715. The monoisotopic (exact) mass is 270 g/mol. The Kier molecular flexibility index (Phi) is 3.13. The van der Waals surface area contributed by atoms with E-state index in [1.165, 1.54) is 16.3 Å². The maximum atomic E-state index is 5.88. The molecule has 0 atom stereocenters. The van der Waals surface area contributed by atoms with E-state index in [2.05, 4.69) is 46.6 Å². The fraction of sp³-hybridized carbons (Fsp3) is 0.143. The second-order valence-electron chi connectivity index (χ2n) is 4.27. The number of nitrogens with zero attached hydrogens (tertiary/aromatic N) is 3. The number of anilines is 1. The van der Waals surface area contributed by atoms with Crippen molar-refractivity contribution in [1.82, 2.24) is 14.8 Å². The number of nitrogens with two attached hydrogens (primary N) is 1. The lowest BCUT2D eigenvalue weighted by Gasteiger charge is -2.09. The Balaban J connectivity index is 2.08. The van der Waals surface area contributed by atoms with E-state index in [4.69, 9.17) is 5.73 Å². The van der Waals surface area contributed by atoms with E-state index in [-0.39, 0.29) is 0 Å². The summed E-state index contributed by atoms with van der Waals surface area (Å²) in [5.41, 5.74) is 7.11. The molecule has 0 fully saturated rings. The summed E-state index contributed by atoms with van der Waals surface area (Å²) in [5, 5.41) is 11.3. The van der Waals surface area contributed by atoms with Gasteiger partial charge in [-0.2, -0.15) is 0 Å². The summed E-state index contributed by atoms with van der Waals surface area (Å²) in [5.74, 6) is 0.456. The molecule has 4 nitrogen and oxygen atoms in total. The Morgan fingerprint density at radius 1 is 1.11 bits per heavy atom. The summed E-state index contributed by atoms with van der Waals surface area (Å²) < 4.78 is 1.94. The van der Waals surface area contributed by atoms with Gasteiger partial charge in [0.2, 0.25) is 5.95 Å². The van der Waals surface area contributed by atoms with Crippen molar-refractivity contribution in [3.63, 3.8) is 0 Å². The lowest BCUT2D eigenvalue weighted by atomic mass is 10.0. The molecule has 3 aromatic rings. The van der Waals surface area contributed by atoms with Crippen LogP contribution in [0.3, 0.4) is 0 Å². The molecule has 2 N–H and O–H groups in total. The molecular formula is C14H14N4S. The van der Waals surface area contributed by atoms with Crippen molar-refractivity contribution in [2.75, 3.05) is 12.0 Å². The molecule has 0 aliphatic heterocycles. The van der Waals surface area contributed by atoms with Crippen LogP contribution in [0.15, 0.2) is 47.6 Å². The number of fused-ring (bicyclic) bond motifs is 1. The highest BCUT2D eigenvalue weighted by atomic mass is 32.2. The van der Waals surface area contributed by atoms with Gasteiger partial charge in [-0.25, -0.2) is 0 Å². The van der Waals surface area contributed by atoms with Gasteiger partial charge in [-0.1, -0.05) is 54.2 Å². The average molecular weight is 270 g/mol. The van der Waals surface area contributed by atoms with Crippen LogP contribution in [0.25, 0.3) is 10.8 Å². The minimum absolute atomic E-state index is 0.456. The van der Waals surface area contributed by atoms with Crippen molar-refractivity contribution >= 4 is 28.5 Å². The fourth-order valence-corrected chi connectivity index (χ4v) is 2.70. The largest absolute Gasteiger partial charge is 0.368 e. The predicted octanol–water partition coefficient (Wildman–Crippen LogP) is 2.78. The minimum atomic E-state index is 0.456. The fourth-order valence-electron chi connectivity index (χ4n) is 2.20. The lowest BCUT2D eigenvalue weighted by Crippen LogP contribution is -2.06. The van der Waals surface area contributed by atoms with E-state index in [0.717, 1.165) is 5.16 Å². The number of aromatic nitrogens is 3. The normalized spacial score (nSPS) is 11.0. The van der Waals surface area contributed by atoms with E-state index in [1.807, 2.05) is 16.9 Å². The molecule has 0 spiro atoms. The molecule has 0 aliphatic rings. The summed E-state index contributed by atoms with van der Waals surface area (Å²) in [7, 11) is 0. The SMILES string of the molecule is CSc1nnc(N)n1Cc1cccc2ccccc12. The molecule has 0 saturated carbocycles. The summed E-state index contributed by atoms with van der Waals surface area (Å²) in [4.78, 5) is 0. The molecular weight excluding hydrogens is 256 g/mol. The van der Waals surface area contributed by atoms with Gasteiger partial charge in [0.15, 0.2) is 5.16 Å². The molecule has 0 saturated heterocycles. The number of rotatable bonds is 3. The van der Waals surface area contributed by atoms with Crippen LogP contribution >= 0.6 is 11.8 Å². The third-order valence-corrected chi connectivity index (χ3v) is 3.80. The number of hydrogen-bond acceptors (Lipinski definition) is 4. The van der Waals surface area contributed by atoms with E-state index in [1.54, 1.807) is 11.8 Å². The van der Waals surface area contributed by atoms with E-state index in [0.29, 0.717) is 12.5 Å². The van der Waals surface area contributed by atoms with Gasteiger partial charge in [0.25, 0.3) is 0 Å². The van der Waals surface area contributed by atoms with Gasteiger partial charge >= 0.3 is 0 Å². The van der Waals surface area contributed by atoms with Crippen LogP contribution in [0.5, 0.6) is 0 Å². The standard InChI is InChI=1S/C14H14N4S/c1-19-14-17-16-13(15)18(14)9-11-7-4-6-10-5-2-3-8-12(10)11/h2-8H,9H2,1H3,(H2,15,16). The van der Waals surface area contributed by atoms with Gasteiger partial charge in [0, 0.05) is 0 Å². The molecule has 3 rings (SSSR count). The van der Waals surface area contributed by atoms with Gasteiger partial charge in [-0.05, 0) is 22.6 Å². The number of thioether (sulfide) groups is 1. The van der Waals surface area contributed by atoms with Gasteiger partial charge in [0.05, 0.1) is 6.54 Å². The van der Waals surface area contributed by atoms with Crippen LogP contribution < -0.4 is 5.73 Å². The third-order valence-electron chi connectivity index (χ3n) is 3.14. The molecule has 0 bridgehead atoms. The summed E-state index contributed by atoms with van der Waals surface area (Å²) in [6.45, 7) is 0.691. The Morgan fingerprint density at radius 3 is 2.74 bits per heavy atom. The highest BCUT2D eigenvalue weighted by Gasteiger charge is 2.10. The first-order chi connectivity index (χ1) is 9.29. The highest BCUT2D eigenvalue weighted by molar-refractivity contribution is 7.98. The second kappa shape index (κ2) is 4.93. The summed E-state index contributed by atoms with van der Waals surface area (Å²) in [6, 6.07) is 14.6. The van der Waals surface area contributed by atoms with Crippen molar-refractivity contribution in [2.45, 2.75) is 11.7 Å². The molecule has 0 radical (unpaired) electrons. The average Bonchev–Trinajstić information content (AvgIpc) is 2.80. The number of hydrogen-bond donors (Lipinski definition) is 1. The minimum Gasteiger partial charge on any atom is -0.368 e. The quantitative estimate of drug-likeness (QED) is 0.743. The van der Waals surface area contributed by atoms with Gasteiger partial charge < -0.3 is 5.73 Å². The zero-order chi connectivity index (χ0) is 13.2. The zero-order valence-corrected chi connectivity index (χ0v) is 11.4. The van der Waals surface area contributed by atoms with Crippen LogP contribution in [0, 0.1) is 0 Å². The first-order valence-electron chi connectivity index (χ1n) is 5.99. The number of nitrogen functional groups attached to an aromatic ring is 1. The first kappa shape index (κ1) is 12.0. The van der Waals surface area contributed by atoms with Gasteiger partial charge in [-0.3, -0.25) is 4.57 Å². The molecule has 5 heteroatoms. The molecule has 96 valence electrons. The first-order valence-corrected chi connectivity index (χ1v) is 7.21. The topological polar surface area (TPSA) is 56.7 Å². The smallest absolute Gasteiger partial charge is 0.223 e. The van der Waals surface area contributed by atoms with Crippen LogP contribution in [0.1, 0.15) is 5.56 Å². The molecule has 19 heavy (non-hydrogen) atoms. The van der Waals surface area contributed by atoms with Crippen LogP contribution in [0.2, 0.25) is 0 Å². The Hall–Kier alpha value is -2.01. The molecule has 0 unspecified atom stereocenters. The molecule has 0 amide bonds. The van der Waals surface area contributed by atoms with E-state index in [9.17, 15) is 0 Å².